The molecule has 8 heteroatoms. The van der Waals surface area contributed by atoms with E-state index in [1.165, 1.54) is 6.07 Å². The Balaban J connectivity index is 1.17. The number of likely N-dealkylation sites (tertiary alicyclic amines) is 1. The fourth-order valence-corrected chi connectivity index (χ4v) is 5.04. The number of carbonyl (C=O) groups is 2. The molecule has 1 aromatic heterocycles. The Morgan fingerprint density at radius 2 is 1.82 bits per heavy atom. The number of nitrogens with zero attached hydrogens (tertiary/aromatic N) is 4. The molecular weight excluding hydrogens is 435 g/mol. The van der Waals surface area contributed by atoms with Crippen LogP contribution >= 0.6 is 0 Å². The van der Waals surface area contributed by atoms with Gasteiger partial charge < -0.3 is 9.80 Å². The number of carbonyl (C=O) groups excluding carboxylic acids is 2. The van der Waals surface area contributed by atoms with E-state index < -0.39 is 0 Å². The van der Waals surface area contributed by atoms with Gasteiger partial charge in [0.25, 0.3) is 5.91 Å². The van der Waals surface area contributed by atoms with Crippen molar-refractivity contribution in [3.8, 4) is 11.1 Å². The molecule has 1 aliphatic heterocycles. The predicted octanol–water partition coefficient (Wildman–Crippen LogP) is 4.09. The standard InChI is InChI=1S/C26H27FN4O3/c1-17-23(29-34-28-17)16-30(2)25(33)21-15-26(21)11-13-31(14-12-26)24(32)19-9-7-18(8-10-19)20-5-3-4-6-22(20)27/h3-10,21H,11-16H2,1-2H3. The predicted molar refractivity (Wildman–Crippen MR) is 123 cm³/mol. The van der Waals surface area contributed by atoms with Gasteiger partial charge in [-0.3, -0.25) is 9.59 Å². The van der Waals surface area contributed by atoms with Crippen LogP contribution in [0.1, 0.15) is 41.0 Å². The lowest BCUT2D eigenvalue weighted by molar-refractivity contribution is -0.133. The molecule has 2 fully saturated rings. The highest BCUT2D eigenvalue weighted by Gasteiger charge is 2.59. The molecule has 1 unspecified atom stereocenters. The number of benzene rings is 2. The monoisotopic (exact) mass is 462 g/mol. The Kier molecular flexibility index (Phi) is 5.67. The lowest BCUT2D eigenvalue weighted by Gasteiger charge is -2.33. The summed E-state index contributed by atoms with van der Waals surface area (Å²) in [5.74, 6) is -0.194. The van der Waals surface area contributed by atoms with Crippen LogP contribution in [0.15, 0.2) is 53.2 Å². The highest BCUT2D eigenvalue weighted by molar-refractivity contribution is 5.95. The molecule has 3 aromatic rings. The maximum absolute atomic E-state index is 14.0. The second-order valence-electron chi connectivity index (χ2n) is 9.46. The Hall–Kier alpha value is -3.55. The van der Waals surface area contributed by atoms with Crippen LogP contribution in [0.25, 0.3) is 11.1 Å². The summed E-state index contributed by atoms with van der Waals surface area (Å²) >= 11 is 0. The van der Waals surface area contributed by atoms with Crippen molar-refractivity contribution in [2.45, 2.75) is 32.7 Å². The first-order chi connectivity index (χ1) is 16.4. The minimum Gasteiger partial charge on any atom is -0.339 e. The SMILES string of the molecule is Cc1nonc1CN(C)C(=O)C1CC12CCN(C(=O)c1ccc(-c3ccccc3F)cc1)CC2. The zero-order valence-electron chi connectivity index (χ0n) is 19.3. The third-order valence-electron chi connectivity index (χ3n) is 7.36. The maximum Gasteiger partial charge on any atom is 0.253 e. The third kappa shape index (κ3) is 4.08. The average Bonchev–Trinajstić information content (AvgIpc) is 3.40. The van der Waals surface area contributed by atoms with Crippen molar-refractivity contribution in [1.29, 1.82) is 0 Å². The Bertz CT molecular complexity index is 1210. The molecule has 0 N–H and O–H groups in total. The van der Waals surface area contributed by atoms with Gasteiger partial charge in [0, 0.05) is 37.2 Å². The van der Waals surface area contributed by atoms with E-state index in [0.29, 0.717) is 42.1 Å². The number of aromatic nitrogens is 2. The van der Waals surface area contributed by atoms with Crippen molar-refractivity contribution in [2.24, 2.45) is 11.3 Å². The van der Waals surface area contributed by atoms with Gasteiger partial charge >= 0.3 is 0 Å². The van der Waals surface area contributed by atoms with Crippen LogP contribution in [-0.4, -0.2) is 52.1 Å². The van der Waals surface area contributed by atoms with E-state index in [1.54, 1.807) is 54.4 Å². The van der Waals surface area contributed by atoms with Gasteiger partial charge in [-0.25, -0.2) is 9.02 Å². The van der Waals surface area contributed by atoms with Crippen molar-refractivity contribution >= 4 is 11.8 Å². The van der Waals surface area contributed by atoms with Gasteiger partial charge in [-0.2, -0.15) is 0 Å². The second-order valence-corrected chi connectivity index (χ2v) is 9.46. The number of amides is 2. The minimum absolute atomic E-state index is 0.00466. The van der Waals surface area contributed by atoms with E-state index in [1.807, 2.05) is 11.8 Å². The van der Waals surface area contributed by atoms with E-state index >= 15 is 0 Å². The summed E-state index contributed by atoms with van der Waals surface area (Å²) in [5, 5.41) is 7.63. The van der Waals surface area contributed by atoms with E-state index in [2.05, 4.69) is 10.3 Å². The zero-order chi connectivity index (χ0) is 23.9. The van der Waals surface area contributed by atoms with Crippen LogP contribution in [0.2, 0.25) is 0 Å². The highest BCUT2D eigenvalue weighted by atomic mass is 19.1. The number of hydrogen-bond acceptors (Lipinski definition) is 5. The maximum atomic E-state index is 14.0. The van der Waals surface area contributed by atoms with E-state index in [0.717, 1.165) is 24.8 Å². The molecule has 1 saturated heterocycles. The number of rotatable bonds is 5. The molecule has 1 aliphatic carbocycles. The minimum atomic E-state index is -0.282. The third-order valence-corrected chi connectivity index (χ3v) is 7.36. The molecule has 2 aliphatic rings. The summed E-state index contributed by atoms with van der Waals surface area (Å²) in [4.78, 5) is 29.6. The van der Waals surface area contributed by atoms with Crippen LogP contribution in [-0.2, 0) is 11.3 Å². The van der Waals surface area contributed by atoms with Gasteiger partial charge in [0.1, 0.15) is 17.2 Å². The first-order valence-electron chi connectivity index (χ1n) is 11.6. The molecule has 0 bridgehead atoms. The van der Waals surface area contributed by atoms with Crippen LogP contribution in [0.5, 0.6) is 0 Å². The lowest BCUT2D eigenvalue weighted by Crippen LogP contribution is -2.40. The summed E-state index contributed by atoms with van der Waals surface area (Å²) in [6, 6.07) is 13.7. The number of aryl methyl sites for hydroxylation is 1. The summed E-state index contributed by atoms with van der Waals surface area (Å²) in [6.45, 7) is 3.46. The number of halogens is 1. The van der Waals surface area contributed by atoms with Crippen molar-refractivity contribution in [3.63, 3.8) is 0 Å². The molecule has 1 saturated carbocycles. The van der Waals surface area contributed by atoms with Gasteiger partial charge in [0.05, 0.1) is 6.54 Å². The molecule has 1 atom stereocenters. The first kappa shape index (κ1) is 22.3. The van der Waals surface area contributed by atoms with Crippen molar-refractivity contribution in [3.05, 3.63) is 71.3 Å². The van der Waals surface area contributed by atoms with Gasteiger partial charge in [0.2, 0.25) is 5.91 Å². The molecule has 1 spiro atoms. The molecule has 2 aromatic carbocycles. The van der Waals surface area contributed by atoms with E-state index in [9.17, 15) is 14.0 Å². The van der Waals surface area contributed by atoms with Crippen LogP contribution in [0.3, 0.4) is 0 Å². The number of piperidine rings is 1. The van der Waals surface area contributed by atoms with Gasteiger partial charge in [-0.05, 0) is 55.4 Å². The van der Waals surface area contributed by atoms with Crippen LogP contribution in [0, 0.1) is 24.1 Å². The molecule has 5 rings (SSSR count). The Morgan fingerprint density at radius 3 is 2.47 bits per heavy atom. The fraction of sp³-hybridized carbons (Fsp3) is 0.385. The summed E-state index contributed by atoms with van der Waals surface area (Å²) in [5.41, 5.74) is 3.22. The molecule has 176 valence electrons. The average molecular weight is 463 g/mol. The molecule has 2 amide bonds. The highest BCUT2D eigenvalue weighted by Crippen LogP contribution is 2.60. The van der Waals surface area contributed by atoms with Crippen molar-refractivity contribution in [1.82, 2.24) is 20.1 Å². The lowest BCUT2D eigenvalue weighted by atomic mass is 9.90. The summed E-state index contributed by atoms with van der Waals surface area (Å²) in [7, 11) is 1.78. The van der Waals surface area contributed by atoms with Crippen molar-refractivity contribution < 1.29 is 18.6 Å². The van der Waals surface area contributed by atoms with Crippen LogP contribution < -0.4 is 0 Å². The Morgan fingerprint density at radius 1 is 1.12 bits per heavy atom. The fourth-order valence-electron chi connectivity index (χ4n) is 5.04. The van der Waals surface area contributed by atoms with E-state index in [4.69, 9.17) is 4.63 Å². The quantitative estimate of drug-likeness (QED) is 0.571. The molecule has 7 nitrogen and oxygen atoms in total. The number of hydrogen-bond donors (Lipinski definition) is 0. The van der Waals surface area contributed by atoms with Crippen molar-refractivity contribution in [2.75, 3.05) is 20.1 Å². The second kappa shape index (κ2) is 8.66. The Labute approximate surface area is 197 Å². The zero-order valence-corrected chi connectivity index (χ0v) is 19.3. The van der Waals surface area contributed by atoms with Gasteiger partial charge in [-0.15, -0.1) is 0 Å². The van der Waals surface area contributed by atoms with Crippen LogP contribution in [0.4, 0.5) is 4.39 Å². The van der Waals surface area contributed by atoms with E-state index in [-0.39, 0.29) is 29.0 Å². The van der Waals surface area contributed by atoms with Gasteiger partial charge in [-0.1, -0.05) is 40.6 Å². The molecule has 2 heterocycles. The molecule has 0 radical (unpaired) electrons. The smallest absolute Gasteiger partial charge is 0.253 e. The van der Waals surface area contributed by atoms with Gasteiger partial charge in [0.15, 0.2) is 0 Å². The topological polar surface area (TPSA) is 79.5 Å². The first-order valence-corrected chi connectivity index (χ1v) is 11.6. The normalized spacial score (nSPS) is 18.7. The summed E-state index contributed by atoms with van der Waals surface area (Å²) in [6.07, 6.45) is 2.51. The molecular formula is C26H27FN4O3. The summed E-state index contributed by atoms with van der Waals surface area (Å²) < 4.78 is 18.8. The largest absolute Gasteiger partial charge is 0.339 e. The molecule has 34 heavy (non-hydrogen) atoms.